The average molecular weight is 403 g/mol. The number of benzene rings is 3. The number of para-hydroxylation sites is 1. The Kier molecular flexibility index (Phi) is 5.89. The Labute approximate surface area is 174 Å². The van der Waals surface area contributed by atoms with Gasteiger partial charge in [0.05, 0.1) is 0 Å². The van der Waals surface area contributed by atoms with Gasteiger partial charge in [-0.15, -0.1) is 0 Å². The zero-order valence-electron chi connectivity index (χ0n) is 16.5. The molecule has 0 aliphatic carbocycles. The summed E-state index contributed by atoms with van der Waals surface area (Å²) in [6.07, 6.45) is 1.22. The predicted octanol–water partition coefficient (Wildman–Crippen LogP) is 5.35. The van der Waals surface area contributed by atoms with E-state index < -0.39 is 0 Å². The zero-order valence-corrected chi connectivity index (χ0v) is 16.5. The second-order valence-electron chi connectivity index (χ2n) is 7.38. The lowest BCUT2D eigenvalue weighted by atomic mass is 9.88. The van der Waals surface area contributed by atoms with E-state index in [1.54, 1.807) is 29.2 Å². The number of piperidine rings is 1. The zero-order chi connectivity index (χ0) is 20.9. The summed E-state index contributed by atoms with van der Waals surface area (Å²) in [5.74, 6) is 0.887. The highest BCUT2D eigenvalue weighted by atomic mass is 19.1. The number of ketones is 1. The van der Waals surface area contributed by atoms with E-state index in [2.05, 4.69) is 0 Å². The number of halogens is 1. The van der Waals surface area contributed by atoms with Gasteiger partial charge >= 0.3 is 0 Å². The van der Waals surface area contributed by atoms with Crippen LogP contribution in [0, 0.1) is 11.7 Å². The van der Waals surface area contributed by atoms with Crippen molar-refractivity contribution >= 4 is 11.7 Å². The van der Waals surface area contributed by atoms with E-state index in [0.29, 0.717) is 42.8 Å². The molecule has 0 atom stereocenters. The van der Waals surface area contributed by atoms with Crippen LogP contribution in [0.1, 0.15) is 33.6 Å². The number of ether oxygens (including phenoxy) is 1. The smallest absolute Gasteiger partial charge is 0.253 e. The highest BCUT2D eigenvalue weighted by molar-refractivity contribution is 5.98. The van der Waals surface area contributed by atoms with Crippen LogP contribution in [0.5, 0.6) is 11.5 Å². The van der Waals surface area contributed by atoms with E-state index in [4.69, 9.17) is 4.74 Å². The molecule has 0 N–H and O–H groups in total. The van der Waals surface area contributed by atoms with Crippen molar-refractivity contribution in [2.75, 3.05) is 13.1 Å². The van der Waals surface area contributed by atoms with Gasteiger partial charge < -0.3 is 9.64 Å². The Balaban J connectivity index is 1.33. The first-order valence-electron chi connectivity index (χ1n) is 10.0. The fourth-order valence-electron chi connectivity index (χ4n) is 3.67. The molecule has 5 heteroatoms. The molecule has 4 rings (SSSR count). The minimum Gasteiger partial charge on any atom is -0.457 e. The minimum absolute atomic E-state index is 0.0181. The van der Waals surface area contributed by atoms with Crippen molar-refractivity contribution in [1.29, 1.82) is 0 Å². The van der Waals surface area contributed by atoms with E-state index in [-0.39, 0.29) is 23.4 Å². The molecule has 1 aliphatic heterocycles. The van der Waals surface area contributed by atoms with Crippen LogP contribution in [0.25, 0.3) is 0 Å². The fraction of sp³-hybridized carbons (Fsp3) is 0.200. The van der Waals surface area contributed by atoms with Crippen molar-refractivity contribution in [3.8, 4) is 11.5 Å². The van der Waals surface area contributed by atoms with Crippen molar-refractivity contribution < 1.29 is 18.7 Å². The van der Waals surface area contributed by atoms with Crippen molar-refractivity contribution in [1.82, 2.24) is 4.90 Å². The van der Waals surface area contributed by atoms with E-state index in [0.717, 1.165) is 5.75 Å². The summed E-state index contributed by atoms with van der Waals surface area (Å²) in [6, 6.07) is 22.2. The third-order valence-electron chi connectivity index (χ3n) is 5.36. The van der Waals surface area contributed by atoms with Crippen molar-refractivity contribution in [2.24, 2.45) is 5.92 Å². The molecular weight excluding hydrogens is 381 g/mol. The first kappa shape index (κ1) is 19.8. The molecular formula is C25H22FNO3. The van der Waals surface area contributed by atoms with Gasteiger partial charge in [0.15, 0.2) is 5.78 Å². The number of rotatable bonds is 5. The third-order valence-corrected chi connectivity index (χ3v) is 5.36. The largest absolute Gasteiger partial charge is 0.457 e. The van der Waals surface area contributed by atoms with Gasteiger partial charge in [-0.1, -0.05) is 18.2 Å². The van der Waals surface area contributed by atoms with Crippen molar-refractivity contribution in [3.63, 3.8) is 0 Å². The molecule has 4 nitrogen and oxygen atoms in total. The van der Waals surface area contributed by atoms with Gasteiger partial charge in [0.25, 0.3) is 5.91 Å². The number of Topliss-reactive ketones (excluding diaryl/α,β-unsaturated/α-hetero) is 1. The molecule has 0 spiro atoms. The predicted molar refractivity (Wildman–Crippen MR) is 112 cm³/mol. The Hall–Kier alpha value is -3.47. The summed E-state index contributed by atoms with van der Waals surface area (Å²) in [6.45, 7) is 1.05. The van der Waals surface area contributed by atoms with E-state index in [1.165, 1.54) is 24.3 Å². The monoisotopic (exact) mass is 403 g/mol. The van der Waals surface area contributed by atoms with Gasteiger partial charge in [-0.3, -0.25) is 9.59 Å². The first-order valence-corrected chi connectivity index (χ1v) is 10.0. The summed E-state index contributed by atoms with van der Waals surface area (Å²) < 4.78 is 18.8. The minimum atomic E-state index is -0.354. The number of carbonyl (C=O) groups excluding carboxylic acids is 2. The molecule has 0 unspecified atom stereocenters. The lowest BCUT2D eigenvalue weighted by molar-refractivity contribution is 0.0650. The number of hydrogen-bond donors (Lipinski definition) is 0. The van der Waals surface area contributed by atoms with Gasteiger partial charge in [0, 0.05) is 30.1 Å². The Morgan fingerprint density at radius 2 is 1.33 bits per heavy atom. The van der Waals surface area contributed by atoms with Gasteiger partial charge in [0.2, 0.25) is 0 Å². The van der Waals surface area contributed by atoms with Crippen LogP contribution in [-0.2, 0) is 0 Å². The highest BCUT2D eigenvalue weighted by Crippen LogP contribution is 2.25. The molecule has 1 amide bonds. The average Bonchev–Trinajstić information content (AvgIpc) is 2.80. The summed E-state index contributed by atoms with van der Waals surface area (Å²) in [5.41, 5.74) is 1.12. The normalized spacial score (nSPS) is 14.4. The maximum atomic E-state index is 13.1. The van der Waals surface area contributed by atoms with Crippen molar-refractivity contribution in [3.05, 3.63) is 95.8 Å². The molecule has 0 saturated carbocycles. The summed E-state index contributed by atoms with van der Waals surface area (Å²) in [5, 5.41) is 0. The molecule has 1 heterocycles. The molecule has 152 valence electrons. The van der Waals surface area contributed by atoms with Crippen LogP contribution in [0.2, 0.25) is 0 Å². The van der Waals surface area contributed by atoms with E-state index in [1.807, 2.05) is 30.3 Å². The van der Waals surface area contributed by atoms with Crippen LogP contribution in [0.15, 0.2) is 78.9 Å². The Morgan fingerprint density at radius 1 is 0.767 bits per heavy atom. The van der Waals surface area contributed by atoms with Gasteiger partial charge in [-0.2, -0.15) is 0 Å². The number of likely N-dealkylation sites (tertiary alicyclic amines) is 1. The highest BCUT2D eigenvalue weighted by Gasteiger charge is 2.28. The first-order chi connectivity index (χ1) is 14.6. The van der Waals surface area contributed by atoms with Crippen LogP contribution < -0.4 is 4.74 Å². The number of hydrogen-bond acceptors (Lipinski definition) is 3. The lowest BCUT2D eigenvalue weighted by Crippen LogP contribution is -2.40. The summed E-state index contributed by atoms with van der Waals surface area (Å²) >= 11 is 0. The van der Waals surface area contributed by atoms with Crippen LogP contribution >= 0.6 is 0 Å². The number of nitrogens with zero attached hydrogens (tertiary/aromatic N) is 1. The molecule has 0 bridgehead atoms. The Morgan fingerprint density at radius 3 is 1.97 bits per heavy atom. The van der Waals surface area contributed by atoms with Crippen LogP contribution in [0.4, 0.5) is 4.39 Å². The number of carbonyl (C=O) groups is 2. The van der Waals surface area contributed by atoms with Gasteiger partial charge in [0.1, 0.15) is 17.3 Å². The third kappa shape index (κ3) is 4.57. The second-order valence-corrected chi connectivity index (χ2v) is 7.38. The molecule has 1 saturated heterocycles. The van der Waals surface area contributed by atoms with Crippen LogP contribution in [0.3, 0.4) is 0 Å². The maximum Gasteiger partial charge on any atom is 0.253 e. The van der Waals surface area contributed by atoms with Crippen molar-refractivity contribution in [2.45, 2.75) is 12.8 Å². The molecule has 0 radical (unpaired) electrons. The summed E-state index contributed by atoms with van der Waals surface area (Å²) in [7, 11) is 0. The molecule has 1 fully saturated rings. The van der Waals surface area contributed by atoms with E-state index >= 15 is 0 Å². The lowest BCUT2D eigenvalue weighted by Gasteiger charge is -2.31. The molecule has 30 heavy (non-hydrogen) atoms. The quantitative estimate of drug-likeness (QED) is 0.539. The van der Waals surface area contributed by atoms with Gasteiger partial charge in [-0.25, -0.2) is 4.39 Å². The topological polar surface area (TPSA) is 46.6 Å². The number of amides is 1. The van der Waals surface area contributed by atoms with E-state index in [9.17, 15) is 14.0 Å². The molecule has 1 aliphatic rings. The standard InChI is InChI=1S/C25H22FNO3/c26-21-10-6-18(7-11-21)24(28)19-14-16-27(17-15-19)25(29)20-8-12-23(13-9-20)30-22-4-2-1-3-5-22/h1-13,19H,14-17H2. The summed E-state index contributed by atoms with van der Waals surface area (Å²) in [4.78, 5) is 27.2. The SMILES string of the molecule is O=C(c1ccc(F)cc1)C1CCN(C(=O)c2ccc(Oc3ccccc3)cc2)CC1. The molecule has 0 aromatic heterocycles. The van der Waals surface area contributed by atoms with Crippen LogP contribution in [-0.4, -0.2) is 29.7 Å². The van der Waals surface area contributed by atoms with Gasteiger partial charge in [-0.05, 0) is 73.5 Å². The fourth-order valence-corrected chi connectivity index (χ4v) is 3.67. The second kappa shape index (κ2) is 8.91. The Bertz CT molecular complexity index is 1010. The molecule has 3 aromatic carbocycles. The maximum absolute atomic E-state index is 13.1. The molecule has 3 aromatic rings.